The average Bonchev–Trinajstić information content (AvgIpc) is 4.23. The summed E-state index contributed by atoms with van der Waals surface area (Å²) >= 11 is 9.72. The Balaban J connectivity index is 0.000000191. The van der Waals surface area contributed by atoms with Crippen LogP contribution in [0.2, 0.25) is 0 Å². The van der Waals surface area contributed by atoms with Gasteiger partial charge in [0.25, 0.3) is 0 Å². The summed E-state index contributed by atoms with van der Waals surface area (Å²) in [6.07, 6.45) is 8.86. The molecule has 4 aromatic carbocycles. The molecule has 0 spiro atoms. The number of carbonyl (C=O) groups is 1. The molecule has 0 amide bonds. The molecule has 8 aromatic rings. The van der Waals surface area contributed by atoms with Crippen molar-refractivity contribution in [2.24, 2.45) is 0 Å². The molecule has 0 saturated carbocycles. The summed E-state index contributed by atoms with van der Waals surface area (Å²) in [5.41, 5.74) is 6.00. The average molecular weight is 1130 g/mol. The molecule has 0 aliphatic carbocycles. The molecule has 2 fully saturated rings. The number of hydrogen-bond acceptors (Lipinski definition) is 16. The molecule has 0 radical (unpaired) electrons. The predicted octanol–water partition coefficient (Wildman–Crippen LogP) is 10.1. The molecule has 10 rings (SSSR count). The van der Waals surface area contributed by atoms with Crippen molar-refractivity contribution in [1.82, 2.24) is 19.9 Å². The van der Waals surface area contributed by atoms with Gasteiger partial charge in [0.1, 0.15) is 34.9 Å². The normalized spacial score (nSPS) is 18.8. The number of nitrogens with zero attached hydrogens (tertiary/aromatic N) is 4. The van der Waals surface area contributed by atoms with Crippen LogP contribution in [-0.4, -0.2) is 81.2 Å². The molecule has 12 nitrogen and oxygen atoms in total. The number of carbonyl (C=O) groups excluding carboxylic acids is 1. The molecule has 1 unspecified atom stereocenters. The summed E-state index contributed by atoms with van der Waals surface area (Å²) < 4.78 is 36.1. The second-order valence-electron chi connectivity index (χ2n) is 16.8. The van der Waals surface area contributed by atoms with Gasteiger partial charge in [-0.3, -0.25) is 0 Å². The second-order valence-corrected chi connectivity index (χ2v) is 21.4. The van der Waals surface area contributed by atoms with E-state index in [4.69, 9.17) is 28.4 Å². The predicted molar refractivity (Wildman–Crippen MR) is 296 cm³/mol. The minimum absolute atomic E-state index is 0. The number of ether oxygens (including phenoxy) is 6. The largest absolute Gasteiger partial charge is 1.00 e. The van der Waals surface area contributed by atoms with Crippen LogP contribution in [0, 0.1) is 6.92 Å². The second kappa shape index (κ2) is 31.3. The number of unbranched alkanes of at least 4 members (excludes halogenated alkanes) is 1. The number of aliphatic hydroxyl groups is 1. The van der Waals surface area contributed by atoms with Gasteiger partial charge in [0, 0.05) is 34.4 Å². The maximum Gasteiger partial charge on any atom is 1.00 e. The molecule has 2 saturated heterocycles. The van der Waals surface area contributed by atoms with E-state index in [1.54, 1.807) is 41.2 Å². The first kappa shape index (κ1) is 59.2. The Kier molecular flexibility index (Phi) is 25.0. The van der Waals surface area contributed by atoms with Gasteiger partial charge in [-0.2, -0.15) is 6.42 Å². The van der Waals surface area contributed by atoms with Gasteiger partial charge in [0.2, 0.25) is 5.79 Å². The van der Waals surface area contributed by atoms with E-state index in [0.29, 0.717) is 62.9 Å². The molecule has 1 N–H and O–H groups in total. The van der Waals surface area contributed by atoms with E-state index in [1.807, 2.05) is 139 Å². The number of thioether (sulfide) groups is 2. The van der Waals surface area contributed by atoms with Gasteiger partial charge in [0.05, 0.1) is 65.4 Å². The third kappa shape index (κ3) is 17.0. The van der Waals surface area contributed by atoms with E-state index in [2.05, 4.69) is 55.1 Å². The van der Waals surface area contributed by atoms with Gasteiger partial charge in [-0.25, -0.2) is 24.7 Å². The quantitative estimate of drug-likeness (QED) is 0.0286. The minimum Gasteiger partial charge on any atom is -0.458 e. The van der Waals surface area contributed by atoms with Crippen molar-refractivity contribution >= 4 is 89.9 Å². The Morgan fingerprint density at radius 2 is 1.14 bits per heavy atom. The number of cyclic esters (lactones) is 1. The molecule has 2 aliphatic heterocycles. The number of thiophene rings is 2. The van der Waals surface area contributed by atoms with Gasteiger partial charge >= 0.3 is 24.8 Å². The summed E-state index contributed by atoms with van der Waals surface area (Å²) in [6.45, 7) is 8.27. The zero-order valence-electron chi connectivity index (χ0n) is 42.0. The van der Waals surface area contributed by atoms with E-state index >= 15 is 0 Å². The van der Waals surface area contributed by atoms with E-state index in [0.717, 1.165) is 58.8 Å². The standard InChI is InChI=1S/C26H26N2O4S2.C19H20O4.C7H5BrN2S2.C4H9.Li/c1-33-25-21-16-34-24(23(21)27-17-28-25)26(29)22(31-14-19-10-6-3-7-11-19)12-20(32-26)15-30-13-18-8-4-2-5-9-18;20-19-18(22-13-16-9-5-2-6-10-16)11-17(23-19)14-21-12-15-7-3-1-4-8-15;1-11-7-4-2-12-6(8)5(4)9-3-10-7;1-3-4-2;/h2-11,16-17,20,22,29H,12-15H2,1H3;1-10,17-18H,11-14H2;2-3H,1H3;1,3-4H2,2H3;/q;;;-1;+1/t20-,22+,26?;17-,18+;;;/m00.../s1. The van der Waals surface area contributed by atoms with Crippen LogP contribution >= 0.6 is 62.1 Å². The van der Waals surface area contributed by atoms with E-state index < -0.39 is 18.0 Å². The van der Waals surface area contributed by atoms with Crippen LogP contribution in [-0.2, 0) is 65.4 Å². The van der Waals surface area contributed by atoms with E-state index in [1.165, 1.54) is 24.1 Å². The maximum atomic E-state index is 11.9. The van der Waals surface area contributed by atoms with Crippen molar-refractivity contribution in [2.45, 2.75) is 99.3 Å². The molecule has 5 atom stereocenters. The first-order chi connectivity index (χ1) is 35.7. The van der Waals surface area contributed by atoms with E-state index in [9.17, 15) is 9.90 Å². The van der Waals surface area contributed by atoms with Crippen molar-refractivity contribution in [3.63, 3.8) is 0 Å². The fourth-order valence-corrected chi connectivity index (χ4v) is 11.3. The monoisotopic (exact) mass is 1130 g/mol. The number of aromatic nitrogens is 4. The topological polar surface area (TPSA) is 144 Å². The summed E-state index contributed by atoms with van der Waals surface area (Å²) in [4.78, 5) is 29.7. The van der Waals surface area contributed by atoms with E-state index in [-0.39, 0.29) is 37.0 Å². The van der Waals surface area contributed by atoms with Crippen LogP contribution in [0.25, 0.3) is 21.8 Å². The number of hydrogen-bond donors (Lipinski definition) is 1. The fraction of sp³-hybridized carbons (Fsp3) is 0.321. The zero-order chi connectivity index (χ0) is 51.3. The van der Waals surface area contributed by atoms with Crippen LogP contribution in [0.15, 0.2) is 159 Å². The number of esters is 1. The number of benzene rings is 4. The van der Waals surface area contributed by atoms with Gasteiger partial charge in [-0.05, 0) is 50.7 Å². The molecule has 18 heteroatoms. The van der Waals surface area contributed by atoms with Gasteiger partial charge in [0.15, 0.2) is 6.10 Å². The first-order valence-corrected chi connectivity index (χ1v) is 28.9. The third-order valence-corrected chi connectivity index (χ3v) is 15.6. The van der Waals surface area contributed by atoms with Crippen molar-refractivity contribution in [2.75, 3.05) is 25.7 Å². The number of rotatable bonds is 18. The molecule has 4 aromatic heterocycles. The Hall–Kier alpha value is -4.03. The molecule has 74 heavy (non-hydrogen) atoms. The van der Waals surface area contributed by atoms with Crippen molar-refractivity contribution < 1.29 is 57.2 Å². The molecule has 6 heterocycles. The Morgan fingerprint density at radius 3 is 1.65 bits per heavy atom. The fourth-order valence-electron chi connectivity index (χ4n) is 7.66. The Labute approximate surface area is 471 Å². The van der Waals surface area contributed by atoms with Gasteiger partial charge in [-0.15, -0.1) is 46.2 Å². The van der Waals surface area contributed by atoms with Crippen LogP contribution in [0.4, 0.5) is 0 Å². The van der Waals surface area contributed by atoms with Crippen molar-refractivity contribution in [3.05, 3.63) is 183 Å². The van der Waals surface area contributed by atoms with Crippen molar-refractivity contribution in [1.29, 1.82) is 0 Å². The number of fused-ring (bicyclic) bond motifs is 2. The number of halogens is 1. The summed E-state index contributed by atoms with van der Waals surface area (Å²) in [7, 11) is 0. The van der Waals surface area contributed by atoms with Crippen LogP contribution in [0.1, 0.15) is 59.7 Å². The Morgan fingerprint density at radius 1 is 0.676 bits per heavy atom. The minimum atomic E-state index is -1.62. The van der Waals surface area contributed by atoms with Gasteiger partial charge in [-0.1, -0.05) is 135 Å². The SMILES string of the molecule is CSc1ncnc2c(Br)scc12.CSc1ncnc2c(C3(O)O[C@H](COCc4ccccc4)C[C@H]3OCc3ccccc3)scc12.O=C1O[C@H](COCc2ccccc2)C[C@H]1OCc1ccccc1.[CH2-]CCC.[Li+]. The molecular formula is C56H60BrLiN4O8S4. The Bertz CT molecular complexity index is 2880. The zero-order valence-corrected chi connectivity index (χ0v) is 46.9. The molecule has 0 bridgehead atoms. The molecule has 2 aliphatic rings. The van der Waals surface area contributed by atoms with Crippen LogP contribution in [0.5, 0.6) is 0 Å². The molecule has 384 valence electrons. The smallest absolute Gasteiger partial charge is 0.458 e. The van der Waals surface area contributed by atoms with Crippen LogP contribution < -0.4 is 18.9 Å². The summed E-state index contributed by atoms with van der Waals surface area (Å²) in [6, 6.07) is 39.7. The third-order valence-electron chi connectivity index (χ3n) is 11.4. The first-order valence-electron chi connectivity index (χ1n) is 23.8. The molecular weight excluding hydrogens is 1070 g/mol. The summed E-state index contributed by atoms with van der Waals surface area (Å²) in [5.74, 6) is -1.92. The summed E-state index contributed by atoms with van der Waals surface area (Å²) in [5, 5.41) is 19.9. The maximum absolute atomic E-state index is 11.9. The van der Waals surface area contributed by atoms with Gasteiger partial charge < -0.3 is 40.5 Å². The van der Waals surface area contributed by atoms with Crippen LogP contribution in [0.3, 0.4) is 0 Å². The van der Waals surface area contributed by atoms with Crippen molar-refractivity contribution in [3.8, 4) is 0 Å².